The molecule has 1 aliphatic heterocycles. The summed E-state index contributed by atoms with van der Waals surface area (Å²) < 4.78 is 5.84. The van der Waals surface area contributed by atoms with Crippen LogP contribution in [0, 0.1) is 0 Å². The van der Waals surface area contributed by atoms with Gasteiger partial charge in [-0.3, -0.25) is 4.79 Å². The van der Waals surface area contributed by atoms with Gasteiger partial charge in [-0.05, 0) is 30.5 Å². The number of unbranched alkanes of at least 4 members (excludes halogenated alkanes) is 4. The predicted molar refractivity (Wildman–Crippen MR) is 87.4 cm³/mol. The Morgan fingerprint density at radius 3 is 2.59 bits per heavy atom. The minimum Gasteiger partial charge on any atom is -0.489 e. The molecule has 0 unspecified atom stereocenters. The van der Waals surface area contributed by atoms with Gasteiger partial charge < -0.3 is 15.2 Å². The maximum atomic E-state index is 10.9. The van der Waals surface area contributed by atoms with Gasteiger partial charge in [0.1, 0.15) is 17.9 Å². The Morgan fingerprint density at radius 2 is 1.95 bits per heavy atom. The minimum absolute atomic E-state index is 0.0546. The van der Waals surface area contributed by atoms with Crippen molar-refractivity contribution in [1.29, 1.82) is 0 Å². The van der Waals surface area contributed by atoms with Crippen molar-refractivity contribution < 1.29 is 14.6 Å². The Bertz CT molecular complexity index is 458. The quantitative estimate of drug-likeness (QED) is 0.687. The maximum absolute atomic E-state index is 10.9. The lowest BCUT2D eigenvalue weighted by atomic mass is 10.1. The molecule has 22 heavy (non-hydrogen) atoms. The number of carbonyl (C=O) groups is 1. The molecule has 4 heteroatoms. The first-order valence-corrected chi connectivity index (χ1v) is 8.41. The second-order valence-electron chi connectivity index (χ2n) is 6.08. The van der Waals surface area contributed by atoms with Gasteiger partial charge in [0.05, 0.1) is 0 Å². The Labute approximate surface area is 132 Å². The molecule has 1 heterocycles. The largest absolute Gasteiger partial charge is 0.489 e. The number of aryl methyl sites for hydroxylation is 1. The van der Waals surface area contributed by atoms with E-state index in [1.165, 1.54) is 37.7 Å². The van der Waals surface area contributed by atoms with Crippen molar-refractivity contribution in [2.24, 2.45) is 0 Å². The molecule has 0 saturated carbocycles. The average Bonchev–Trinajstić information content (AvgIpc) is 2.97. The van der Waals surface area contributed by atoms with Crippen molar-refractivity contribution in [3.05, 3.63) is 29.8 Å². The van der Waals surface area contributed by atoms with Crippen molar-refractivity contribution in [3.63, 3.8) is 0 Å². The van der Waals surface area contributed by atoms with Crippen LogP contribution in [0.5, 0.6) is 5.75 Å². The first kappa shape index (κ1) is 16.8. The van der Waals surface area contributed by atoms with E-state index in [4.69, 9.17) is 9.84 Å². The summed E-state index contributed by atoms with van der Waals surface area (Å²) in [4.78, 5) is 10.9. The van der Waals surface area contributed by atoms with E-state index in [1.54, 1.807) is 0 Å². The predicted octanol–water partition coefficient (Wildman–Crippen LogP) is 3.39. The molecule has 1 aromatic carbocycles. The molecule has 0 bridgehead atoms. The number of hydrogen-bond acceptors (Lipinski definition) is 3. The van der Waals surface area contributed by atoms with Gasteiger partial charge in [0.15, 0.2) is 0 Å². The van der Waals surface area contributed by atoms with E-state index in [2.05, 4.69) is 24.4 Å². The van der Waals surface area contributed by atoms with Crippen molar-refractivity contribution >= 4 is 5.97 Å². The number of ether oxygens (including phenoxy) is 1. The van der Waals surface area contributed by atoms with Crippen LogP contribution in [0.15, 0.2) is 24.3 Å². The molecule has 1 saturated heterocycles. The highest BCUT2D eigenvalue weighted by atomic mass is 16.5. The zero-order chi connectivity index (χ0) is 15.8. The van der Waals surface area contributed by atoms with Gasteiger partial charge in [0.2, 0.25) is 0 Å². The SMILES string of the molecule is CCCCCCCc1ccc(O[C@@H]2CN[C@@H](C(=O)O)C2)cc1. The molecule has 2 N–H and O–H groups in total. The highest BCUT2D eigenvalue weighted by Gasteiger charge is 2.30. The van der Waals surface area contributed by atoms with Gasteiger partial charge in [-0.2, -0.15) is 0 Å². The normalized spacial score (nSPS) is 21.0. The molecule has 1 aromatic rings. The molecule has 2 atom stereocenters. The Hall–Kier alpha value is -1.55. The van der Waals surface area contributed by atoms with E-state index in [0.717, 1.165) is 12.2 Å². The molecule has 2 rings (SSSR count). The lowest BCUT2D eigenvalue weighted by Crippen LogP contribution is -2.30. The lowest BCUT2D eigenvalue weighted by Gasteiger charge is -2.13. The van der Waals surface area contributed by atoms with Crippen LogP contribution >= 0.6 is 0 Å². The van der Waals surface area contributed by atoms with Crippen molar-refractivity contribution in [2.45, 2.75) is 64.0 Å². The van der Waals surface area contributed by atoms with Crippen LogP contribution in [-0.2, 0) is 11.2 Å². The van der Waals surface area contributed by atoms with Crippen LogP contribution in [0.2, 0.25) is 0 Å². The highest BCUT2D eigenvalue weighted by Crippen LogP contribution is 2.19. The van der Waals surface area contributed by atoms with Crippen LogP contribution < -0.4 is 10.1 Å². The zero-order valence-corrected chi connectivity index (χ0v) is 13.4. The smallest absolute Gasteiger partial charge is 0.320 e. The van der Waals surface area contributed by atoms with Crippen molar-refractivity contribution in [1.82, 2.24) is 5.32 Å². The third-order valence-corrected chi connectivity index (χ3v) is 4.18. The summed E-state index contributed by atoms with van der Waals surface area (Å²) in [6.07, 6.45) is 8.08. The number of hydrogen-bond donors (Lipinski definition) is 2. The standard InChI is InChI=1S/C18H27NO3/c1-2-3-4-5-6-7-14-8-10-15(11-9-14)22-16-12-17(18(20)21)19-13-16/h8-11,16-17,19H,2-7,12-13H2,1H3,(H,20,21)/t16-,17+/m0/s1. The van der Waals surface area contributed by atoms with Crippen molar-refractivity contribution in [3.8, 4) is 5.75 Å². The van der Waals surface area contributed by atoms with Gasteiger partial charge in [-0.15, -0.1) is 0 Å². The summed E-state index contributed by atoms with van der Waals surface area (Å²) in [5.41, 5.74) is 1.34. The van der Waals surface area contributed by atoms with Crippen LogP contribution in [0.3, 0.4) is 0 Å². The van der Waals surface area contributed by atoms with E-state index >= 15 is 0 Å². The Balaban J connectivity index is 1.72. The number of carboxylic acid groups (broad SMARTS) is 1. The van der Waals surface area contributed by atoms with E-state index in [9.17, 15) is 4.79 Å². The topological polar surface area (TPSA) is 58.6 Å². The maximum Gasteiger partial charge on any atom is 0.320 e. The fourth-order valence-electron chi connectivity index (χ4n) is 2.84. The highest BCUT2D eigenvalue weighted by molar-refractivity contribution is 5.73. The van der Waals surface area contributed by atoms with E-state index in [0.29, 0.717) is 13.0 Å². The molecular formula is C18H27NO3. The lowest BCUT2D eigenvalue weighted by molar-refractivity contribution is -0.139. The number of carboxylic acids is 1. The third kappa shape index (κ3) is 5.34. The summed E-state index contributed by atoms with van der Waals surface area (Å²) in [5.74, 6) is 0.0251. The summed E-state index contributed by atoms with van der Waals surface area (Å²) in [7, 11) is 0. The Morgan fingerprint density at radius 1 is 1.23 bits per heavy atom. The molecule has 0 aliphatic carbocycles. The van der Waals surface area contributed by atoms with Gasteiger partial charge in [-0.25, -0.2) is 0 Å². The molecule has 122 valence electrons. The van der Waals surface area contributed by atoms with Gasteiger partial charge in [0.25, 0.3) is 0 Å². The number of aliphatic carboxylic acids is 1. The summed E-state index contributed by atoms with van der Waals surface area (Å²) in [5, 5.41) is 11.9. The minimum atomic E-state index is -0.801. The molecular weight excluding hydrogens is 278 g/mol. The Kier molecular flexibility index (Phi) is 6.72. The van der Waals surface area contributed by atoms with Crippen molar-refractivity contribution in [2.75, 3.05) is 6.54 Å². The fourth-order valence-corrected chi connectivity index (χ4v) is 2.84. The van der Waals surface area contributed by atoms with Crippen LogP contribution in [0.25, 0.3) is 0 Å². The number of benzene rings is 1. The van der Waals surface area contributed by atoms with Gasteiger partial charge in [0, 0.05) is 13.0 Å². The molecule has 4 nitrogen and oxygen atoms in total. The second-order valence-corrected chi connectivity index (χ2v) is 6.08. The summed E-state index contributed by atoms with van der Waals surface area (Å²) in [6, 6.07) is 7.75. The summed E-state index contributed by atoms with van der Waals surface area (Å²) >= 11 is 0. The number of nitrogens with one attached hydrogen (secondary N) is 1. The third-order valence-electron chi connectivity index (χ3n) is 4.18. The average molecular weight is 305 g/mol. The molecule has 0 radical (unpaired) electrons. The van der Waals surface area contributed by atoms with Crippen LogP contribution in [0.1, 0.15) is 51.0 Å². The fraction of sp³-hybridized carbons (Fsp3) is 0.611. The summed E-state index contributed by atoms with van der Waals surface area (Å²) in [6.45, 7) is 2.83. The molecule has 0 aromatic heterocycles. The van der Waals surface area contributed by atoms with Crippen LogP contribution in [-0.4, -0.2) is 29.8 Å². The van der Waals surface area contributed by atoms with Crippen LogP contribution in [0.4, 0.5) is 0 Å². The second kappa shape index (κ2) is 8.79. The first-order valence-electron chi connectivity index (χ1n) is 8.41. The molecule has 0 spiro atoms. The monoisotopic (exact) mass is 305 g/mol. The van der Waals surface area contributed by atoms with Gasteiger partial charge in [-0.1, -0.05) is 44.7 Å². The molecule has 1 fully saturated rings. The van der Waals surface area contributed by atoms with E-state index < -0.39 is 12.0 Å². The molecule has 0 amide bonds. The molecule has 1 aliphatic rings. The first-order chi connectivity index (χ1) is 10.7. The van der Waals surface area contributed by atoms with E-state index in [-0.39, 0.29) is 6.10 Å². The van der Waals surface area contributed by atoms with Gasteiger partial charge >= 0.3 is 5.97 Å². The zero-order valence-electron chi connectivity index (χ0n) is 13.4. The van der Waals surface area contributed by atoms with E-state index in [1.807, 2.05) is 12.1 Å². The number of rotatable bonds is 9.